The lowest BCUT2D eigenvalue weighted by atomic mass is 9.84. The Morgan fingerprint density at radius 3 is 2.17 bits per heavy atom. The summed E-state index contributed by atoms with van der Waals surface area (Å²) in [6, 6.07) is 0. The van der Waals surface area contributed by atoms with Gasteiger partial charge in [-0.05, 0) is 102 Å². The van der Waals surface area contributed by atoms with E-state index in [1.54, 1.807) is 0 Å². The van der Waals surface area contributed by atoms with Gasteiger partial charge in [-0.2, -0.15) is 0 Å². The lowest BCUT2D eigenvalue weighted by molar-refractivity contribution is 0.0319. The number of hydrogen-bond acceptors (Lipinski definition) is 3. The molecule has 1 aliphatic heterocycles. The largest absolute Gasteiger partial charge is 0.543 e. The van der Waals surface area contributed by atoms with Crippen molar-refractivity contribution in [1.29, 1.82) is 0 Å². The van der Waals surface area contributed by atoms with Crippen molar-refractivity contribution in [1.82, 2.24) is 0 Å². The molecule has 0 radical (unpaired) electrons. The van der Waals surface area contributed by atoms with Crippen molar-refractivity contribution >= 4 is 24.2 Å². The van der Waals surface area contributed by atoms with E-state index >= 15 is 0 Å². The zero-order valence-corrected chi connectivity index (χ0v) is 23.6. The molecule has 0 saturated heterocycles. The molecule has 1 unspecified atom stereocenters. The van der Waals surface area contributed by atoms with Crippen molar-refractivity contribution in [2.45, 2.75) is 122 Å². The van der Waals surface area contributed by atoms with Crippen LogP contribution in [0.3, 0.4) is 0 Å². The quantitative estimate of drug-likeness (QED) is 0.328. The molecule has 0 aromatic heterocycles. The number of aliphatic hydroxyl groups excluding tert-OH is 1. The van der Waals surface area contributed by atoms with Gasteiger partial charge in [-0.15, -0.1) is 0 Å². The minimum absolute atomic E-state index is 0.162. The Hall–Kier alpha value is -0.523. The molecule has 0 amide bonds. The Morgan fingerprint density at radius 2 is 1.67 bits per heavy atom. The Morgan fingerprint density at radius 1 is 1.10 bits per heavy atom. The molecule has 1 aromatic carbocycles. The summed E-state index contributed by atoms with van der Waals surface area (Å²) in [6.45, 7) is 24.2. The van der Waals surface area contributed by atoms with Crippen molar-refractivity contribution in [3.8, 4) is 11.5 Å². The van der Waals surface area contributed by atoms with Gasteiger partial charge in [0.05, 0.1) is 6.10 Å². The SMILES string of the molecule is Cc1c(C)c2c(c(C)c1O[Si](C)(C)C(C)(C)C)CC[C@@](C)(CCC(O)C(C)(C)Br)O2. The van der Waals surface area contributed by atoms with Crippen LogP contribution in [0.2, 0.25) is 18.1 Å². The first kappa shape index (κ1) is 25.7. The van der Waals surface area contributed by atoms with Crippen LogP contribution in [0.25, 0.3) is 0 Å². The minimum Gasteiger partial charge on any atom is -0.543 e. The first-order valence-electron chi connectivity index (χ1n) is 11.3. The summed E-state index contributed by atoms with van der Waals surface area (Å²) in [6.07, 6.45) is 3.10. The number of rotatable bonds is 6. The van der Waals surface area contributed by atoms with Gasteiger partial charge < -0.3 is 14.3 Å². The van der Waals surface area contributed by atoms with Crippen molar-refractivity contribution in [2.24, 2.45) is 0 Å². The molecular weight excluding hydrogens is 456 g/mol. The monoisotopic (exact) mass is 498 g/mol. The van der Waals surface area contributed by atoms with E-state index in [1.807, 2.05) is 13.8 Å². The second-order valence-corrected chi connectivity index (χ2v) is 18.3. The number of benzene rings is 1. The van der Waals surface area contributed by atoms with Gasteiger partial charge in [-0.25, -0.2) is 0 Å². The summed E-state index contributed by atoms with van der Waals surface area (Å²) in [5, 5.41) is 10.6. The van der Waals surface area contributed by atoms with Crippen LogP contribution < -0.4 is 9.16 Å². The van der Waals surface area contributed by atoms with E-state index in [1.165, 1.54) is 22.3 Å². The molecule has 1 aromatic rings. The third-order valence-corrected chi connectivity index (χ3v) is 12.3. The van der Waals surface area contributed by atoms with Crippen molar-refractivity contribution < 1.29 is 14.3 Å². The number of fused-ring (bicyclic) bond motifs is 1. The van der Waals surface area contributed by atoms with E-state index in [-0.39, 0.29) is 15.0 Å². The van der Waals surface area contributed by atoms with Crippen LogP contribution in [0.15, 0.2) is 0 Å². The molecular formula is C25H43BrO3Si. The molecule has 1 aliphatic rings. The molecule has 5 heteroatoms. The van der Waals surface area contributed by atoms with Gasteiger partial charge in [0, 0.05) is 9.89 Å². The maximum absolute atomic E-state index is 10.5. The van der Waals surface area contributed by atoms with Gasteiger partial charge in [0.2, 0.25) is 0 Å². The third kappa shape index (κ3) is 5.27. The van der Waals surface area contributed by atoms with Crippen LogP contribution in [-0.4, -0.2) is 29.5 Å². The van der Waals surface area contributed by atoms with Crippen molar-refractivity contribution in [3.05, 3.63) is 22.3 Å². The van der Waals surface area contributed by atoms with Crippen LogP contribution in [0.4, 0.5) is 0 Å². The van der Waals surface area contributed by atoms with Crippen LogP contribution in [-0.2, 0) is 6.42 Å². The molecule has 30 heavy (non-hydrogen) atoms. The molecule has 3 nitrogen and oxygen atoms in total. The second kappa shape index (κ2) is 8.44. The molecule has 0 fully saturated rings. The highest BCUT2D eigenvalue weighted by Gasteiger charge is 2.41. The number of ether oxygens (including phenoxy) is 1. The van der Waals surface area contributed by atoms with E-state index in [0.717, 1.165) is 30.8 Å². The predicted octanol–water partition coefficient (Wildman–Crippen LogP) is 7.39. The molecule has 172 valence electrons. The van der Waals surface area contributed by atoms with Gasteiger partial charge in [0.1, 0.15) is 17.1 Å². The van der Waals surface area contributed by atoms with Gasteiger partial charge in [0.15, 0.2) is 0 Å². The first-order valence-corrected chi connectivity index (χ1v) is 15.0. The number of alkyl halides is 1. The van der Waals surface area contributed by atoms with E-state index in [2.05, 4.69) is 77.5 Å². The van der Waals surface area contributed by atoms with Gasteiger partial charge in [-0.1, -0.05) is 36.7 Å². The summed E-state index contributed by atoms with van der Waals surface area (Å²) in [4.78, 5) is 0. The lowest BCUT2D eigenvalue weighted by Crippen LogP contribution is -2.44. The van der Waals surface area contributed by atoms with Crippen LogP contribution in [0, 0.1) is 20.8 Å². The lowest BCUT2D eigenvalue weighted by Gasteiger charge is -2.41. The molecule has 0 bridgehead atoms. The summed E-state index contributed by atoms with van der Waals surface area (Å²) in [7, 11) is -1.92. The summed E-state index contributed by atoms with van der Waals surface area (Å²) in [5.41, 5.74) is 4.67. The minimum atomic E-state index is -1.92. The number of hydrogen-bond donors (Lipinski definition) is 1. The molecule has 2 atom stereocenters. The standard InChI is InChI=1S/C25H43BrO3Si/c1-16-17(2)22-19(18(3)21(16)29-30(10,11)23(4,5)6)12-14-25(9,28-22)15-13-20(27)24(7,8)26/h20,27H,12-15H2,1-11H3/t20?,25-/m0/s1. The van der Waals surface area contributed by atoms with E-state index in [0.29, 0.717) is 6.42 Å². The Kier molecular flexibility index (Phi) is 7.24. The topological polar surface area (TPSA) is 38.7 Å². The second-order valence-electron chi connectivity index (χ2n) is 11.5. The van der Waals surface area contributed by atoms with Crippen molar-refractivity contribution in [2.75, 3.05) is 0 Å². The highest BCUT2D eigenvalue weighted by atomic mass is 79.9. The van der Waals surface area contributed by atoms with Crippen molar-refractivity contribution in [3.63, 3.8) is 0 Å². The Balaban J connectivity index is 2.34. The molecule has 0 aliphatic carbocycles. The highest BCUT2D eigenvalue weighted by molar-refractivity contribution is 9.10. The van der Waals surface area contributed by atoms with E-state index in [9.17, 15) is 5.11 Å². The zero-order chi connectivity index (χ0) is 23.3. The summed E-state index contributed by atoms with van der Waals surface area (Å²) >= 11 is 3.59. The van der Waals surface area contributed by atoms with Gasteiger partial charge in [-0.3, -0.25) is 0 Å². The first-order chi connectivity index (χ1) is 13.4. The summed E-state index contributed by atoms with van der Waals surface area (Å²) in [5.74, 6) is 2.11. The molecule has 0 spiro atoms. The van der Waals surface area contributed by atoms with Crippen LogP contribution in [0.1, 0.15) is 83.1 Å². The Bertz CT molecular complexity index is 789. The fraction of sp³-hybridized carbons (Fsp3) is 0.760. The fourth-order valence-corrected chi connectivity index (χ4v) is 5.16. The maximum atomic E-state index is 10.5. The molecule has 1 N–H and O–H groups in total. The van der Waals surface area contributed by atoms with Crippen LogP contribution >= 0.6 is 15.9 Å². The number of halogens is 1. The van der Waals surface area contributed by atoms with E-state index in [4.69, 9.17) is 9.16 Å². The predicted molar refractivity (Wildman–Crippen MR) is 134 cm³/mol. The molecule has 1 heterocycles. The molecule has 2 rings (SSSR count). The summed E-state index contributed by atoms with van der Waals surface area (Å²) < 4.78 is 13.2. The number of aliphatic hydroxyl groups is 1. The van der Waals surface area contributed by atoms with Gasteiger partial charge in [0.25, 0.3) is 8.32 Å². The average molecular weight is 500 g/mol. The van der Waals surface area contributed by atoms with Crippen LogP contribution in [0.5, 0.6) is 11.5 Å². The van der Waals surface area contributed by atoms with Gasteiger partial charge >= 0.3 is 0 Å². The normalized spacial score (nSPS) is 21.1. The zero-order valence-electron chi connectivity index (χ0n) is 21.0. The smallest absolute Gasteiger partial charge is 0.250 e. The highest BCUT2D eigenvalue weighted by Crippen LogP contribution is 2.47. The molecule has 0 saturated carbocycles. The third-order valence-electron chi connectivity index (χ3n) is 7.47. The Labute approximate surface area is 194 Å². The van der Waals surface area contributed by atoms with E-state index < -0.39 is 14.4 Å². The maximum Gasteiger partial charge on any atom is 0.250 e. The average Bonchev–Trinajstić information content (AvgIpc) is 2.59. The fourth-order valence-electron chi connectivity index (χ4n) is 3.80.